The summed E-state index contributed by atoms with van der Waals surface area (Å²) in [5, 5.41) is 2.90. The molecule has 0 aromatic heterocycles. The molecule has 2 aromatic carbocycles. The number of amides is 1. The van der Waals surface area contributed by atoms with Crippen LogP contribution in [0.5, 0.6) is 0 Å². The van der Waals surface area contributed by atoms with Crippen LogP contribution in [0.15, 0.2) is 54.6 Å². The monoisotopic (exact) mass is 311 g/mol. The molecule has 0 spiro atoms. The van der Waals surface area contributed by atoms with Gasteiger partial charge in [0.25, 0.3) is 0 Å². The van der Waals surface area contributed by atoms with Gasteiger partial charge >= 0.3 is 0 Å². The molecule has 0 saturated heterocycles. The van der Waals surface area contributed by atoms with E-state index < -0.39 is 0 Å². The van der Waals surface area contributed by atoms with E-state index in [0.29, 0.717) is 11.6 Å². The van der Waals surface area contributed by atoms with Gasteiger partial charge in [0.1, 0.15) is 5.82 Å². The molecule has 3 rings (SSSR count). The number of hydrogen-bond donors (Lipinski definition) is 1. The van der Waals surface area contributed by atoms with Crippen LogP contribution < -0.4 is 5.32 Å². The van der Waals surface area contributed by atoms with Crippen LogP contribution >= 0.6 is 0 Å². The topological polar surface area (TPSA) is 29.1 Å². The first-order chi connectivity index (χ1) is 11.2. The highest BCUT2D eigenvalue weighted by Crippen LogP contribution is 2.31. The number of halogens is 1. The normalized spacial score (nSPS) is 20.9. The highest BCUT2D eigenvalue weighted by atomic mass is 19.1. The Kier molecular flexibility index (Phi) is 5.06. The Morgan fingerprint density at radius 1 is 0.957 bits per heavy atom. The lowest BCUT2D eigenvalue weighted by Gasteiger charge is -2.27. The summed E-state index contributed by atoms with van der Waals surface area (Å²) in [4.78, 5) is 12.3. The number of carbonyl (C=O) groups is 1. The van der Waals surface area contributed by atoms with Crippen molar-refractivity contribution in [2.24, 2.45) is 11.8 Å². The van der Waals surface area contributed by atoms with Crippen molar-refractivity contribution < 1.29 is 9.18 Å². The van der Waals surface area contributed by atoms with Crippen molar-refractivity contribution in [3.8, 4) is 0 Å². The smallest absolute Gasteiger partial charge is 0.227 e. The van der Waals surface area contributed by atoms with Crippen molar-refractivity contribution in [3.63, 3.8) is 0 Å². The lowest BCUT2D eigenvalue weighted by atomic mass is 9.79. The molecule has 2 aromatic rings. The predicted octanol–water partition coefficient (Wildman–Crippen LogP) is 4.81. The van der Waals surface area contributed by atoms with E-state index in [1.807, 2.05) is 6.07 Å². The lowest BCUT2D eigenvalue weighted by molar-refractivity contribution is -0.121. The van der Waals surface area contributed by atoms with Crippen molar-refractivity contribution in [2.75, 3.05) is 5.32 Å². The van der Waals surface area contributed by atoms with E-state index in [2.05, 4.69) is 29.6 Å². The molecule has 0 bridgehead atoms. The zero-order chi connectivity index (χ0) is 16.1. The minimum Gasteiger partial charge on any atom is -0.326 e. The molecule has 1 aliphatic rings. The fourth-order valence-corrected chi connectivity index (χ4v) is 3.35. The molecule has 1 amide bonds. The summed E-state index contributed by atoms with van der Waals surface area (Å²) in [6.07, 6.45) is 5.16. The quantitative estimate of drug-likeness (QED) is 0.862. The maximum Gasteiger partial charge on any atom is 0.227 e. The number of carbonyl (C=O) groups excluding carboxylic acids is 1. The van der Waals surface area contributed by atoms with E-state index in [1.54, 1.807) is 12.1 Å². The number of nitrogens with one attached hydrogen (secondary N) is 1. The third-order valence-electron chi connectivity index (χ3n) is 4.70. The second-order valence-corrected chi connectivity index (χ2v) is 6.40. The molecule has 0 aliphatic heterocycles. The zero-order valence-electron chi connectivity index (χ0n) is 13.2. The van der Waals surface area contributed by atoms with Crippen LogP contribution in [-0.2, 0) is 11.2 Å². The van der Waals surface area contributed by atoms with Crippen molar-refractivity contribution in [2.45, 2.75) is 32.1 Å². The van der Waals surface area contributed by atoms with Gasteiger partial charge in [0.2, 0.25) is 5.91 Å². The first-order valence-corrected chi connectivity index (χ1v) is 8.31. The summed E-state index contributed by atoms with van der Waals surface area (Å²) in [5.41, 5.74) is 2.05. The van der Waals surface area contributed by atoms with Gasteiger partial charge in [-0.15, -0.1) is 0 Å². The first kappa shape index (κ1) is 15.7. The van der Waals surface area contributed by atoms with E-state index in [1.165, 1.54) is 17.7 Å². The average Bonchev–Trinajstić information content (AvgIpc) is 2.58. The van der Waals surface area contributed by atoms with Crippen molar-refractivity contribution in [3.05, 3.63) is 66.0 Å². The first-order valence-electron chi connectivity index (χ1n) is 8.31. The summed E-state index contributed by atoms with van der Waals surface area (Å²) in [7, 11) is 0. The Labute approximate surface area is 136 Å². The largest absolute Gasteiger partial charge is 0.326 e. The second-order valence-electron chi connectivity index (χ2n) is 6.40. The molecule has 2 nitrogen and oxygen atoms in total. The Bertz CT molecular complexity index is 630. The van der Waals surface area contributed by atoms with E-state index >= 15 is 0 Å². The Balaban J connectivity index is 1.48. The van der Waals surface area contributed by atoms with Crippen LogP contribution in [0.1, 0.15) is 31.2 Å². The fraction of sp³-hybridized carbons (Fsp3) is 0.350. The number of benzene rings is 2. The Hall–Kier alpha value is -2.16. The maximum absolute atomic E-state index is 12.9. The van der Waals surface area contributed by atoms with Gasteiger partial charge in [-0.05, 0) is 67.9 Å². The van der Waals surface area contributed by atoms with Gasteiger partial charge in [-0.3, -0.25) is 4.79 Å². The van der Waals surface area contributed by atoms with Gasteiger partial charge in [0, 0.05) is 11.6 Å². The van der Waals surface area contributed by atoms with E-state index in [4.69, 9.17) is 0 Å². The van der Waals surface area contributed by atoms with Crippen LogP contribution in [0, 0.1) is 17.7 Å². The highest BCUT2D eigenvalue weighted by molar-refractivity contribution is 5.92. The average molecular weight is 311 g/mol. The standard InChI is InChI=1S/C20H22FNO/c21-18-10-12-19(13-11-18)22-20(23)17-8-6-16(7-9-17)14-15-4-2-1-3-5-15/h1-5,10-13,16-17H,6-9,14H2,(H,22,23)/t16-,17-. The van der Waals surface area contributed by atoms with Crippen molar-refractivity contribution in [1.82, 2.24) is 0 Å². The van der Waals surface area contributed by atoms with Crippen LogP contribution in [0.3, 0.4) is 0 Å². The maximum atomic E-state index is 12.9. The van der Waals surface area contributed by atoms with Gasteiger partial charge in [0.05, 0.1) is 0 Å². The molecule has 23 heavy (non-hydrogen) atoms. The van der Waals surface area contributed by atoms with Gasteiger partial charge < -0.3 is 5.32 Å². The highest BCUT2D eigenvalue weighted by Gasteiger charge is 2.26. The van der Waals surface area contributed by atoms with E-state index in [0.717, 1.165) is 32.1 Å². The summed E-state index contributed by atoms with van der Waals surface area (Å²) in [6, 6.07) is 16.5. The second kappa shape index (κ2) is 7.40. The van der Waals surface area contributed by atoms with Gasteiger partial charge in [-0.1, -0.05) is 30.3 Å². The fourth-order valence-electron chi connectivity index (χ4n) is 3.35. The molecule has 3 heteroatoms. The van der Waals surface area contributed by atoms with Crippen LogP contribution in [0.2, 0.25) is 0 Å². The summed E-state index contributed by atoms with van der Waals surface area (Å²) < 4.78 is 12.9. The summed E-state index contributed by atoms with van der Waals surface area (Å²) >= 11 is 0. The zero-order valence-corrected chi connectivity index (χ0v) is 13.2. The summed E-state index contributed by atoms with van der Waals surface area (Å²) in [6.45, 7) is 0. The minimum atomic E-state index is -0.288. The van der Waals surface area contributed by atoms with E-state index in [9.17, 15) is 9.18 Å². The van der Waals surface area contributed by atoms with Crippen LogP contribution in [0.4, 0.5) is 10.1 Å². The number of hydrogen-bond acceptors (Lipinski definition) is 1. The van der Waals surface area contributed by atoms with Gasteiger partial charge in [0.15, 0.2) is 0 Å². The van der Waals surface area contributed by atoms with Gasteiger partial charge in [-0.2, -0.15) is 0 Å². The molecule has 0 atom stereocenters. The molecule has 0 heterocycles. The molecule has 1 N–H and O–H groups in total. The van der Waals surface area contributed by atoms with Crippen LogP contribution in [-0.4, -0.2) is 5.91 Å². The van der Waals surface area contributed by atoms with Gasteiger partial charge in [-0.25, -0.2) is 4.39 Å². The van der Waals surface area contributed by atoms with Crippen molar-refractivity contribution >= 4 is 11.6 Å². The van der Waals surface area contributed by atoms with E-state index in [-0.39, 0.29) is 17.6 Å². The SMILES string of the molecule is O=C(Nc1ccc(F)cc1)[C@H]1CC[C@H](Cc2ccccc2)CC1. The third kappa shape index (κ3) is 4.41. The molecule has 0 unspecified atom stereocenters. The lowest BCUT2D eigenvalue weighted by Crippen LogP contribution is -2.27. The summed E-state index contributed by atoms with van der Waals surface area (Å²) in [5.74, 6) is 0.526. The Morgan fingerprint density at radius 2 is 1.61 bits per heavy atom. The molecular formula is C20H22FNO. The number of rotatable bonds is 4. The number of anilines is 1. The molecule has 1 saturated carbocycles. The molecule has 1 aliphatic carbocycles. The Morgan fingerprint density at radius 3 is 2.26 bits per heavy atom. The van der Waals surface area contributed by atoms with Crippen LogP contribution in [0.25, 0.3) is 0 Å². The minimum absolute atomic E-state index is 0.0646. The third-order valence-corrected chi connectivity index (χ3v) is 4.70. The molecule has 0 radical (unpaired) electrons. The predicted molar refractivity (Wildman–Crippen MR) is 90.6 cm³/mol. The molecule has 1 fully saturated rings. The molecule has 120 valence electrons. The van der Waals surface area contributed by atoms with Crippen molar-refractivity contribution in [1.29, 1.82) is 0 Å². The molecular weight excluding hydrogens is 289 g/mol.